The number of rotatable bonds is 7. The van der Waals surface area contributed by atoms with Crippen LogP contribution in [0.25, 0.3) is 0 Å². The fraction of sp³-hybridized carbons (Fsp3) is 0.458. The fourth-order valence-corrected chi connectivity index (χ4v) is 3.80. The Morgan fingerprint density at radius 1 is 1.10 bits per heavy atom. The molecule has 0 bridgehead atoms. The topological polar surface area (TPSA) is 48.9 Å². The predicted molar refractivity (Wildman–Crippen MR) is 136 cm³/mol. The van der Waals surface area contributed by atoms with Crippen molar-refractivity contribution in [2.75, 3.05) is 33.8 Å². The van der Waals surface area contributed by atoms with Crippen LogP contribution in [0.4, 0.5) is 0 Å². The van der Waals surface area contributed by atoms with Crippen LogP contribution in [0.15, 0.2) is 59.6 Å². The fourth-order valence-electron chi connectivity index (χ4n) is 3.80. The molecule has 1 unspecified atom stereocenters. The van der Waals surface area contributed by atoms with Gasteiger partial charge in [-0.15, -0.1) is 24.0 Å². The lowest BCUT2D eigenvalue weighted by Crippen LogP contribution is -2.43. The number of ether oxygens (including phenoxy) is 1. The Morgan fingerprint density at radius 2 is 1.77 bits per heavy atom. The van der Waals surface area contributed by atoms with Gasteiger partial charge in [0, 0.05) is 20.1 Å². The monoisotopic (exact) mass is 522 g/mol. The standard InChI is InChI=1S/C24H34N4O.HI/c1-19(22-7-5-4-6-8-22)27-24(25-2)26-17-20-13-15-28(16-14-20)18-21-9-11-23(29-3)12-10-21;/h4-12,19-20H,13-18H2,1-3H3,(H2,25,26,27);1H. The van der Waals surface area contributed by atoms with Crippen LogP contribution in [-0.4, -0.2) is 44.7 Å². The normalized spacial score (nSPS) is 16.4. The summed E-state index contributed by atoms with van der Waals surface area (Å²) in [5.74, 6) is 2.48. The summed E-state index contributed by atoms with van der Waals surface area (Å²) in [6.07, 6.45) is 2.43. The number of likely N-dealkylation sites (tertiary alicyclic amines) is 1. The summed E-state index contributed by atoms with van der Waals surface area (Å²) in [5, 5.41) is 7.01. The molecule has 30 heavy (non-hydrogen) atoms. The number of nitrogens with one attached hydrogen (secondary N) is 2. The number of hydrogen-bond donors (Lipinski definition) is 2. The van der Waals surface area contributed by atoms with Crippen molar-refractivity contribution < 1.29 is 4.74 Å². The highest BCUT2D eigenvalue weighted by atomic mass is 127. The second-order valence-corrected chi connectivity index (χ2v) is 7.80. The zero-order chi connectivity index (χ0) is 20.5. The van der Waals surface area contributed by atoms with Crippen molar-refractivity contribution in [1.29, 1.82) is 0 Å². The molecule has 3 rings (SSSR count). The van der Waals surface area contributed by atoms with Crippen LogP contribution in [0.2, 0.25) is 0 Å². The summed E-state index contributed by atoms with van der Waals surface area (Å²) in [6, 6.07) is 19.1. The highest BCUT2D eigenvalue weighted by molar-refractivity contribution is 14.0. The molecule has 1 fully saturated rings. The van der Waals surface area contributed by atoms with E-state index in [9.17, 15) is 0 Å². The molecule has 0 amide bonds. The molecule has 0 aromatic heterocycles. The molecule has 1 heterocycles. The molecule has 2 N–H and O–H groups in total. The van der Waals surface area contributed by atoms with Gasteiger partial charge in [-0.3, -0.25) is 9.89 Å². The first-order valence-corrected chi connectivity index (χ1v) is 10.6. The molecule has 1 aliphatic rings. The van der Waals surface area contributed by atoms with Crippen LogP contribution >= 0.6 is 24.0 Å². The van der Waals surface area contributed by atoms with E-state index in [1.807, 2.05) is 25.2 Å². The van der Waals surface area contributed by atoms with Gasteiger partial charge < -0.3 is 15.4 Å². The van der Waals surface area contributed by atoms with Crippen LogP contribution in [0.3, 0.4) is 0 Å². The first kappa shape index (κ1) is 24.5. The van der Waals surface area contributed by atoms with Gasteiger partial charge in [-0.2, -0.15) is 0 Å². The van der Waals surface area contributed by atoms with E-state index in [1.54, 1.807) is 7.11 Å². The van der Waals surface area contributed by atoms with Crippen LogP contribution in [-0.2, 0) is 6.54 Å². The zero-order valence-corrected chi connectivity index (χ0v) is 20.6. The van der Waals surface area contributed by atoms with Crippen LogP contribution in [0.5, 0.6) is 5.75 Å². The Hall–Kier alpha value is -1.80. The van der Waals surface area contributed by atoms with Gasteiger partial charge >= 0.3 is 0 Å². The Balaban J connectivity index is 0.00000320. The van der Waals surface area contributed by atoms with Crippen LogP contribution in [0.1, 0.15) is 36.9 Å². The molecule has 5 nitrogen and oxygen atoms in total. The molecule has 164 valence electrons. The van der Waals surface area contributed by atoms with Gasteiger partial charge in [-0.05, 0) is 62.0 Å². The van der Waals surface area contributed by atoms with Crippen molar-refractivity contribution >= 4 is 29.9 Å². The van der Waals surface area contributed by atoms with E-state index in [0.29, 0.717) is 5.92 Å². The summed E-state index contributed by atoms with van der Waals surface area (Å²) in [4.78, 5) is 6.94. The van der Waals surface area contributed by atoms with Gasteiger partial charge in [-0.25, -0.2) is 0 Å². The van der Waals surface area contributed by atoms with Gasteiger partial charge in [0.25, 0.3) is 0 Å². The Kier molecular flexibility index (Phi) is 10.4. The smallest absolute Gasteiger partial charge is 0.191 e. The van der Waals surface area contributed by atoms with Crippen molar-refractivity contribution in [3.05, 3.63) is 65.7 Å². The number of piperidine rings is 1. The Bertz CT molecular complexity index is 759. The first-order chi connectivity index (χ1) is 14.2. The predicted octanol–water partition coefficient (Wildman–Crippen LogP) is 4.45. The van der Waals surface area contributed by atoms with Gasteiger partial charge in [-0.1, -0.05) is 42.5 Å². The largest absolute Gasteiger partial charge is 0.497 e. The number of halogens is 1. The molecule has 0 saturated carbocycles. The maximum atomic E-state index is 5.24. The number of guanidine groups is 1. The number of aliphatic imine (C=N–C) groups is 1. The molecule has 6 heteroatoms. The van der Waals surface area contributed by atoms with E-state index in [0.717, 1.165) is 37.9 Å². The Labute approximate surface area is 198 Å². The van der Waals surface area contributed by atoms with E-state index in [2.05, 4.69) is 63.8 Å². The molecule has 0 spiro atoms. The quantitative estimate of drug-likeness (QED) is 0.321. The third-order valence-corrected chi connectivity index (χ3v) is 5.71. The van der Waals surface area contributed by atoms with E-state index in [4.69, 9.17) is 4.74 Å². The molecule has 1 aliphatic heterocycles. The molecule has 1 saturated heterocycles. The van der Waals surface area contributed by atoms with Crippen molar-refractivity contribution in [2.45, 2.75) is 32.4 Å². The number of methoxy groups -OCH3 is 1. The molecular formula is C24H35IN4O. The van der Waals surface area contributed by atoms with E-state index in [1.165, 1.54) is 24.0 Å². The summed E-state index contributed by atoms with van der Waals surface area (Å²) < 4.78 is 5.24. The van der Waals surface area contributed by atoms with E-state index in [-0.39, 0.29) is 30.0 Å². The maximum Gasteiger partial charge on any atom is 0.191 e. The molecule has 0 aliphatic carbocycles. The van der Waals surface area contributed by atoms with Gasteiger partial charge in [0.2, 0.25) is 0 Å². The molecule has 2 aromatic carbocycles. The van der Waals surface area contributed by atoms with Crippen molar-refractivity contribution in [3.63, 3.8) is 0 Å². The van der Waals surface area contributed by atoms with Gasteiger partial charge in [0.15, 0.2) is 5.96 Å². The Morgan fingerprint density at radius 3 is 2.37 bits per heavy atom. The molecular weight excluding hydrogens is 487 g/mol. The maximum absolute atomic E-state index is 5.24. The average Bonchev–Trinajstić information content (AvgIpc) is 2.78. The summed E-state index contributed by atoms with van der Waals surface area (Å²) in [6.45, 7) is 6.44. The van der Waals surface area contributed by atoms with Crippen molar-refractivity contribution in [1.82, 2.24) is 15.5 Å². The van der Waals surface area contributed by atoms with Gasteiger partial charge in [0.1, 0.15) is 5.75 Å². The second-order valence-electron chi connectivity index (χ2n) is 7.80. The number of nitrogens with zero attached hydrogens (tertiary/aromatic N) is 2. The van der Waals surface area contributed by atoms with E-state index >= 15 is 0 Å². The van der Waals surface area contributed by atoms with Crippen LogP contribution in [0, 0.1) is 5.92 Å². The molecule has 0 radical (unpaired) electrons. The number of benzene rings is 2. The van der Waals surface area contributed by atoms with E-state index < -0.39 is 0 Å². The third kappa shape index (κ3) is 7.47. The highest BCUT2D eigenvalue weighted by Gasteiger charge is 2.19. The first-order valence-electron chi connectivity index (χ1n) is 10.6. The second kappa shape index (κ2) is 12.8. The minimum atomic E-state index is 0. The summed E-state index contributed by atoms with van der Waals surface area (Å²) >= 11 is 0. The molecule has 2 aromatic rings. The lowest BCUT2D eigenvalue weighted by Gasteiger charge is -2.32. The minimum absolute atomic E-state index is 0. The lowest BCUT2D eigenvalue weighted by molar-refractivity contribution is 0.178. The third-order valence-electron chi connectivity index (χ3n) is 5.71. The van der Waals surface area contributed by atoms with Crippen molar-refractivity contribution in [2.24, 2.45) is 10.9 Å². The minimum Gasteiger partial charge on any atom is -0.497 e. The number of hydrogen-bond acceptors (Lipinski definition) is 3. The zero-order valence-electron chi connectivity index (χ0n) is 18.3. The lowest BCUT2D eigenvalue weighted by atomic mass is 9.96. The summed E-state index contributed by atoms with van der Waals surface area (Å²) in [5.41, 5.74) is 2.61. The summed E-state index contributed by atoms with van der Waals surface area (Å²) in [7, 11) is 3.55. The highest BCUT2D eigenvalue weighted by Crippen LogP contribution is 2.20. The van der Waals surface area contributed by atoms with Crippen LogP contribution < -0.4 is 15.4 Å². The van der Waals surface area contributed by atoms with Gasteiger partial charge in [0.05, 0.1) is 13.2 Å². The van der Waals surface area contributed by atoms with Crippen molar-refractivity contribution in [3.8, 4) is 5.75 Å². The molecule has 1 atom stereocenters. The average molecular weight is 522 g/mol. The SMILES string of the molecule is CN=C(NCC1CCN(Cc2ccc(OC)cc2)CC1)NC(C)c1ccccc1.I.